The van der Waals surface area contributed by atoms with Gasteiger partial charge in [-0.25, -0.2) is 0 Å². The van der Waals surface area contributed by atoms with E-state index in [1.165, 1.54) is 7.11 Å². The van der Waals surface area contributed by atoms with E-state index in [0.29, 0.717) is 22.3 Å². The molecule has 0 saturated heterocycles. The third-order valence-corrected chi connectivity index (χ3v) is 2.68. The molecule has 0 spiro atoms. The minimum absolute atomic E-state index is 0.0659. The number of ether oxygens (including phenoxy) is 1. The van der Waals surface area contributed by atoms with Crippen molar-refractivity contribution in [1.82, 2.24) is 0 Å². The van der Waals surface area contributed by atoms with Crippen molar-refractivity contribution in [3.8, 4) is 5.75 Å². The standard InChI is InChI=1S/C10H13Cl2NO2/c1-15-10-8(6(4-13)5-14)2-7(11)3-9(10)12/h2-3,6,14H,4-5,13H2,1H3. The van der Waals surface area contributed by atoms with Gasteiger partial charge in [0.15, 0.2) is 0 Å². The first-order valence-electron chi connectivity index (χ1n) is 4.47. The monoisotopic (exact) mass is 249 g/mol. The van der Waals surface area contributed by atoms with E-state index in [0.717, 1.165) is 5.56 Å². The second-order valence-electron chi connectivity index (χ2n) is 3.13. The fraction of sp³-hybridized carbons (Fsp3) is 0.400. The number of benzene rings is 1. The van der Waals surface area contributed by atoms with Crippen LogP contribution >= 0.6 is 23.2 Å². The largest absolute Gasteiger partial charge is 0.495 e. The maximum absolute atomic E-state index is 9.16. The molecule has 1 atom stereocenters. The number of halogens is 2. The lowest BCUT2D eigenvalue weighted by molar-refractivity contribution is 0.264. The molecule has 5 heteroatoms. The summed E-state index contributed by atoms with van der Waals surface area (Å²) in [5.74, 6) is 0.307. The van der Waals surface area contributed by atoms with Gasteiger partial charge in [-0.1, -0.05) is 23.2 Å². The molecular formula is C10H13Cl2NO2. The smallest absolute Gasteiger partial charge is 0.141 e. The van der Waals surface area contributed by atoms with Crippen LogP contribution in [0.2, 0.25) is 10.0 Å². The number of hydrogen-bond donors (Lipinski definition) is 2. The molecule has 15 heavy (non-hydrogen) atoms. The molecular weight excluding hydrogens is 237 g/mol. The van der Waals surface area contributed by atoms with Gasteiger partial charge in [0.05, 0.1) is 18.7 Å². The highest BCUT2D eigenvalue weighted by molar-refractivity contribution is 6.35. The second kappa shape index (κ2) is 5.56. The van der Waals surface area contributed by atoms with Gasteiger partial charge in [0.1, 0.15) is 5.75 Å². The van der Waals surface area contributed by atoms with Gasteiger partial charge in [-0.05, 0) is 12.1 Å². The molecule has 0 heterocycles. The summed E-state index contributed by atoms with van der Waals surface area (Å²) in [4.78, 5) is 0. The molecule has 1 rings (SSSR count). The number of methoxy groups -OCH3 is 1. The summed E-state index contributed by atoms with van der Waals surface area (Å²) in [5.41, 5.74) is 6.27. The molecule has 3 N–H and O–H groups in total. The Morgan fingerprint density at radius 1 is 1.47 bits per heavy atom. The van der Waals surface area contributed by atoms with Crippen LogP contribution in [-0.4, -0.2) is 25.4 Å². The third-order valence-electron chi connectivity index (χ3n) is 2.19. The van der Waals surface area contributed by atoms with Crippen molar-refractivity contribution in [3.63, 3.8) is 0 Å². The first-order valence-corrected chi connectivity index (χ1v) is 5.23. The van der Waals surface area contributed by atoms with E-state index < -0.39 is 0 Å². The lowest BCUT2D eigenvalue weighted by Gasteiger charge is -2.17. The zero-order valence-corrected chi connectivity index (χ0v) is 9.85. The molecule has 0 amide bonds. The third kappa shape index (κ3) is 2.75. The van der Waals surface area contributed by atoms with Crippen LogP contribution in [0.1, 0.15) is 11.5 Å². The van der Waals surface area contributed by atoms with Crippen molar-refractivity contribution in [2.75, 3.05) is 20.3 Å². The number of nitrogens with two attached hydrogens (primary N) is 1. The Bertz CT molecular complexity index is 340. The first-order chi connectivity index (χ1) is 7.13. The molecule has 0 radical (unpaired) electrons. The summed E-state index contributed by atoms with van der Waals surface area (Å²) in [6.07, 6.45) is 0. The minimum atomic E-state index is -0.212. The number of hydrogen-bond acceptors (Lipinski definition) is 3. The fourth-order valence-corrected chi connectivity index (χ4v) is 1.99. The van der Waals surface area contributed by atoms with Crippen LogP contribution in [0.15, 0.2) is 12.1 Å². The average Bonchev–Trinajstić information content (AvgIpc) is 2.19. The number of aliphatic hydroxyl groups excluding tert-OH is 1. The van der Waals surface area contributed by atoms with Gasteiger partial charge in [-0.3, -0.25) is 0 Å². The van der Waals surface area contributed by atoms with Crippen LogP contribution in [0.25, 0.3) is 0 Å². The van der Waals surface area contributed by atoms with Gasteiger partial charge in [0.25, 0.3) is 0 Å². The molecule has 1 aromatic carbocycles. The minimum Gasteiger partial charge on any atom is -0.495 e. The quantitative estimate of drug-likeness (QED) is 0.859. The molecule has 84 valence electrons. The highest BCUT2D eigenvalue weighted by Gasteiger charge is 2.17. The van der Waals surface area contributed by atoms with Crippen molar-refractivity contribution >= 4 is 23.2 Å². The van der Waals surface area contributed by atoms with Gasteiger partial charge in [-0.2, -0.15) is 0 Å². The predicted octanol–water partition coefficient (Wildman–Crippen LogP) is 2.04. The topological polar surface area (TPSA) is 55.5 Å². The Balaban J connectivity index is 3.24. The summed E-state index contributed by atoms with van der Waals surface area (Å²) in [6, 6.07) is 3.30. The molecule has 1 unspecified atom stereocenters. The van der Waals surface area contributed by atoms with E-state index in [-0.39, 0.29) is 12.5 Å². The number of aliphatic hydroxyl groups is 1. The Morgan fingerprint density at radius 3 is 2.60 bits per heavy atom. The van der Waals surface area contributed by atoms with Gasteiger partial charge >= 0.3 is 0 Å². The molecule has 0 aliphatic carbocycles. The molecule has 0 aliphatic heterocycles. The van der Waals surface area contributed by atoms with E-state index in [1.807, 2.05) is 0 Å². The highest BCUT2D eigenvalue weighted by Crippen LogP contribution is 2.36. The Hall–Kier alpha value is -0.480. The zero-order chi connectivity index (χ0) is 11.4. The summed E-state index contributed by atoms with van der Waals surface area (Å²) >= 11 is 11.8. The molecule has 1 aromatic rings. The molecule has 0 bridgehead atoms. The predicted molar refractivity (Wildman–Crippen MR) is 61.9 cm³/mol. The van der Waals surface area contributed by atoms with E-state index in [9.17, 15) is 0 Å². The maximum atomic E-state index is 9.16. The normalized spacial score (nSPS) is 12.6. The lowest BCUT2D eigenvalue weighted by Crippen LogP contribution is -2.17. The first kappa shape index (κ1) is 12.6. The van der Waals surface area contributed by atoms with Crippen molar-refractivity contribution in [1.29, 1.82) is 0 Å². The second-order valence-corrected chi connectivity index (χ2v) is 3.97. The van der Waals surface area contributed by atoms with E-state index >= 15 is 0 Å². The summed E-state index contributed by atoms with van der Waals surface area (Å²) in [5, 5.41) is 10.1. The van der Waals surface area contributed by atoms with Crippen molar-refractivity contribution in [2.24, 2.45) is 5.73 Å². The van der Waals surface area contributed by atoms with E-state index in [1.54, 1.807) is 12.1 Å². The summed E-state index contributed by atoms with van der Waals surface area (Å²) in [7, 11) is 1.52. The highest BCUT2D eigenvalue weighted by atomic mass is 35.5. The fourth-order valence-electron chi connectivity index (χ4n) is 1.40. The van der Waals surface area contributed by atoms with Gasteiger partial charge in [0, 0.05) is 23.0 Å². The van der Waals surface area contributed by atoms with Gasteiger partial charge in [0.2, 0.25) is 0 Å². The Kier molecular flexibility index (Phi) is 4.67. The molecule has 0 saturated carbocycles. The lowest BCUT2D eigenvalue weighted by atomic mass is 9.99. The zero-order valence-electron chi connectivity index (χ0n) is 8.34. The van der Waals surface area contributed by atoms with E-state index in [2.05, 4.69) is 0 Å². The molecule has 0 aliphatic rings. The Morgan fingerprint density at radius 2 is 2.13 bits per heavy atom. The number of rotatable bonds is 4. The van der Waals surface area contributed by atoms with Crippen LogP contribution in [0.5, 0.6) is 5.75 Å². The average molecular weight is 250 g/mol. The van der Waals surface area contributed by atoms with Crippen molar-refractivity contribution < 1.29 is 9.84 Å². The molecule has 0 fully saturated rings. The van der Waals surface area contributed by atoms with Crippen LogP contribution in [0, 0.1) is 0 Å². The van der Waals surface area contributed by atoms with Crippen LogP contribution in [0.4, 0.5) is 0 Å². The van der Waals surface area contributed by atoms with Crippen LogP contribution < -0.4 is 10.5 Å². The van der Waals surface area contributed by atoms with Gasteiger partial charge < -0.3 is 15.6 Å². The van der Waals surface area contributed by atoms with Gasteiger partial charge in [-0.15, -0.1) is 0 Å². The maximum Gasteiger partial charge on any atom is 0.141 e. The molecule has 3 nitrogen and oxygen atoms in total. The van der Waals surface area contributed by atoms with E-state index in [4.69, 9.17) is 38.8 Å². The van der Waals surface area contributed by atoms with Crippen molar-refractivity contribution in [3.05, 3.63) is 27.7 Å². The van der Waals surface area contributed by atoms with Crippen LogP contribution in [0.3, 0.4) is 0 Å². The summed E-state index contributed by atoms with van der Waals surface area (Å²) in [6.45, 7) is 0.243. The Labute approximate surface area is 98.7 Å². The van der Waals surface area contributed by atoms with Crippen molar-refractivity contribution in [2.45, 2.75) is 5.92 Å². The SMILES string of the molecule is COc1c(Cl)cc(Cl)cc1C(CN)CO. The van der Waals surface area contributed by atoms with Crippen LogP contribution in [-0.2, 0) is 0 Å². The summed E-state index contributed by atoms with van der Waals surface area (Å²) < 4.78 is 5.16. The molecule has 0 aromatic heterocycles.